The van der Waals surface area contributed by atoms with Gasteiger partial charge >= 0.3 is 0 Å². The summed E-state index contributed by atoms with van der Waals surface area (Å²) in [5.41, 5.74) is 7.28. The minimum absolute atomic E-state index is 0.0127. The summed E-state index contributed by atoms with van der Waals surface area (Å²) in [6.07, 6.45) is 2.22. The second-order valence-corrected chi connectivity index (χ2v) is 15.9. The Balaban J connectivity index is 1.54. The first-order valence-electron chi connectivity index (χ1n) is 12.1. The molecule has 0 spiro atoms. The third-order valence-electron chi connectivity index (χ3n) is 7.00. The number of nitrogens with two attached hydrogens (primary N) is 1. The zero-order valence-corrected chi connectivity index (χ0v) is 22.0. The Morgan fingerprint density at radius 1 is 0.909 bits per heavy atom. The molecule has 2 N–H and O–H groups in total. The Morgan fingerprint density at radius 3 is 1.85 bits per heavy atom. The third kappa shape index (κ3) is 4.53. The van der Waals surface area contributed by atoms with Gasteiger partial charge < -0.3 is 10.2 Å². The lowest BCUT2D eigenvalue weighted by Gasteiger charge is -2.45. The quantitative estimate of drug-likeness (QED) is 0.508. The van der Waals surface area contributed by atoms with E-state index in [1.165, 1.54) is 10.4 Å². The number of hydrogen-bond donors (Lipinski definition) is 1. The summed E-state index contributed by atoms with van der Waals surface area (Å²) in [6, 6.07) is 23.9. The molecule has 2 aromatic carbocycles. The Morgan fingerprint density at radius 2 is 1.42 bits per heavy atom. The van der Waals surface area contributed by atoms with Crippen LogP contribution >= 0.6 is 0 Å². The van der Waals surface area contributed by atoms with Crippen molar-refractivity contribution in [1.82, 2.24) is 9.78 Å². The van der Waals surface area contributed by atoms with Crippen LogP contribution in [0.5, 0.6) is 0 Å². The van der Waals surface area contributed by atoms with Gasteiger partial charge in [-0.25, -0.2) is 4.68 Å². The number of rotatable bonds is 6. The van der Waals surface area contributed by atoms with Crippen LogP contribution in [0.1, 0.15) is 66.0 Å². The highest BCUT2D eigenvalue weighted by Gasteiger charge is 2.50. The number of aromatic nitrogens is 2. The van der Waals surface area contributed by atoms with Crippen LogP contribution in [0.2, 0.25) is 5.04 Å². The van der Waals surface area contributed by atoms with E-state index in [2.05, 4.69) is 108 Å². The van der Waals surface area contributed by atoms with Crippen LogP contribution in [0.15, 0.2) is 66.7 Å². The monoisotopic (exact) mass is 461 g/mol. The highest BCUT2D eigenvalue weighted by Crippen LogP contribution is 2.44. The highest BCUT2D eigenvalue weighted by atomic mass is 28.4. The van der Waals surface area contributed by atoms with Crippen molar-refractivity contribution in [3.63, 3.8) is 0 Å². The van der Waals surface area contributed by atoms with Gasteiger partial charge in [0.2, 0.25) is 0 Å². The molecule has 0 radical (unpaired) electrons. The fraction of sp³-hybridized carbons (Fsp3) is 0.464. The zero-order valence-electron chi connectivity index (χ0n) is 21.0. The van der Waals surface area contributed by atoms with Gasteiger partial charge in [0, 0.05) is 18.6 Å². The van der Waals surface area contributed by atoms with Crippen LogP contribution < -0.4 is 16.1 Å². The first kappa shape index (κ1) is 23.8. The van der Waals surface area contributed by atoms with E-state index in [0.717, 1.165) is 31.0 Å². The highest BCUT2D eigenvalue weighted by molar-refractivity contribution is 6.99. The summed E-state index contributed by atoms with van der Waals surface area (Å²) in [6.45, 7) is 14.2. The SMILES string of the molecule is CC(C)(C)n1nc(C2CC(CO[Si](c3ccccc3)(c3ccccc3)C(C)(C)C)C2)cc1N. The molecule has 1 heterocycles. The fourth-order valence-electron chi connectivity index (χ4n) is 5.27. The lowest BCUT2D eigenvalue weighted by molar-refractivity contribution is 0.148. The minimum atomic E-state index is -2.47. The van der Waals surface area contributed by atoms with Crippen LogP contribution in [0.4, 0.5) is 5.82 Å². The van der Waals surface area contributed by atoms with Gasteiger partial charge in [0.05, 0.1) is 11.2 Å². The summed E-state index contributed by atoms with van der Waals surface area (Å²) in [4.78, 5) is 0. The van der Waals surface area contributed by atoms with Crippen LogP contribution in [0.25, 0.3) is 0 Å². The predicted octanol–water partition coefficient (Wildman–Crippen LogP) is 5.29. The summed E-state index contributed by atoms with van der Waals surface area (Å²) in [5, 5.41) is 7.54. The van der Waals surface area contributed by atoms with Crippen molar-refractivity contribution in [3.05, 3.63) is 72.4 Å². The van der Waals surface area contributed by atoms with Gasteiger partial charge in [-0.1, -0.05) is 81.4 Å². The molecule has 0 saturated heterocycles. The molecule has 0 atom stereocenters. The van der Waals surface area contributed by atoms with E-state index < -0.39 is 8.32 Å². The Kier molecular flexibility index (Phi) is 6.32. The van der Waals surface area contributed by atoms with Gasteiger partial charge in [-0.3, -0.25) is 0 Å². The van der Waals surface area contributed by atoms with Crippen molar-refractivity contribution >= 4 is 24.5 Å². The number of anilines is 1. The van der Waals surface area contributed by atoms with Crippen molar-refractivity contribution < 1.29 is 4.43 Å². The van der Waals surface area contributed by atoms with Crippen molar-refractivity contribution in [2.45, 2.75) is 70.9 Å². The summed E-state index contributed by atoms with van der Waals surface area (Å²) in [5.74, 6) is 1.78. The zero-order chi connectivity index (χ0) is 23.9. The molecular formula is C28H39N3OSi. The molecule has 1 fully saturated rings. The molecule has 5 heteroatoms. The average molecular weight is 462 g/mol. The fourth-order valence-corrected chi connectivity index (χ4v) is 9.91. The van der Waals surface area contributed by atoms with Gasteiger partial charge in [0.25, 0.3) is 8.32 Å². The molecule has 4 nitrogen and oxygen atoms in total. The Bertz CT molecular complexity index is 1020. The van der Waals surface area contributed by atoms with Crippen LogP contribution in [0.3, 0.4) is 0 Å². The molecule has 0 aliphatic heterocycles. The first-order chi connectivity index (χ1) is 15.5. The normalized spacial score (nSPS) is 19.3. The molecule has 1 aromatic heterocycles. The molecule has 33 heavy (non-hydrogen) atoms. The second kappa shape index (κ2) is 8.77. The van der Waals surface area contributed by atoms with Crippen LogP contribution in [0, 0.1) is 5.92 Å². The van der Waals surface area contributed by atoms with Gasteiger partial charge in [-0.15, -0.1) is 0 Å². The molecule has 1 saturated carbocycles. The Labute approximate surface area is 200 Å². The maximum Gasteiger partial charge on any atom is 0.261 e. The molecule has 176 valence electrons. The van der Waals surface area contributed by atoms with Gasteiger partial charge in [-0.2, -0.15) is 5.10 Å². The largest absolute Gasteiger partial charge is 0.407 e. The van der Waals surface area contributed by atoms with E-state index in [9.17, 15) is 0 Å². The molecule has 0 unspecified atom stereocenters. The maximum absolute atomic E-state index is 7.13. The smallest absolute Gasteiger partial charge is 0.261 e. The maximum atomic E-state index is 7.13. The summed E-state index contributed by atoms with van der Waals surface area (Å²) < 4.78 is 9.08. The van der Waals surface area contributed by atoms with Gasteiger partial charge in [0.1, 0.15) is 5.82 Å². The summed E-state index contributed by atoms with van der Waals surface area (Å²) >= 11 is 0. The molecule has 1 aliphatic carbocycles. The van der Waals surface area contributed by atoms with Crippen molar-refractivity contribution in [2.75, 3.05) is 12.3 Å². The topological polar surface area (TPSA) is 53.1 Å². The molecular weight excluding hydrogens is 422 g/mol. The van der Waals surface area contributed by atoms with Gasteiger partial charge in [-0.05, 0) is 54.9 Å². The van der Waals surface area contributed by atoms with E-state index in [1.807, 2.05) is 4.68 Å². The average Bonchev–Trinajstić information content (AvgIpc) is 3.12. The van der Waals surface area contributed by atoms with E-state index in [0.29, 0.717) is 11.8 Å². The Hall–Kier alpha value is -2.37. The molecule has 0 amide bonds. The lowest BCUT2D eigenvalue weighted by Crippen LogP contribution is -2.67. The minimum Gasteiger partial charge on any atom is -0.407 e. The number of nitrogen functional groups attached to an aromatic ring is 1. The van der Waals surface area contributed by atoms with E-state index in [1.54, 1.807) is 0 Å². The van der Waals surface area contributed by atoms with Crippen molar-refractivity contribution in [3.8, 4) is 0 Å². The first-order valence-corrected chi connectivity index (χ1v) is 14.0. The molecule has 4 rings (SSSR count). The lowest BCUT2D eigenvalue weighted by atomic mass is 9.74. The van der Waals surface area contributed by atoms with Crippen molar-refractivity contribution in [1.29, 1.82) is 0 Å². The van der Waals surface area contributed by atoms with E-state index in [-0.39, 0.29) is 10.6 Å². The molecule has 0 bridgehead atoms. The standard InChI is InChI=1S/C28H39N3OSi/c1-27(2,3)31-26(29)19-25(30-31)22-17-21(18-22)20-32-33(28(4,5)6,23-13-9-7-10-14-23)24-15-11-8-12-16-24/h7-16,19,21-22H,17-18,20,29H2,1-6H3. The predicted molar refractivity (Wildman–Crippen MR) is 141 cm³/mol. The van der Waals surface area contributed by atoms with Crippen molar-refractivity contribution in [2.24, 2.45) is 5.92 Å². The summed E-state index contributed by atoms with van der Waals surface area (Å²) in [7, 11) is -2.47. The number of hydrogen-bond acceptors (Lipinski definition) is 3. The van der Waals surface area contributed by atoms with Crippen LogP contribution in [-0.2, 0) is 9.96 Å². The van der Waals surface area contributed by atoms with E-state index >= 15 is 0 Å². The second-order valence-electron chi connectivity index (χ2n) is 11.6. The third-order valence-corrected chi connectivity index (χ3v) is 12.0. The number of benzene rings is 2. The molecule has 3 aromatic rings. The van der Waals surface area contributed by atoms with Crippen LogP contribution in [-0.4, -0.2) is 24.7 Å². The van der Waals surface area contributed by atoms with E-state index in [4.69, 9.17) is 15.3 Å². The number of nitrogens with zero attached hydrogens (tertiary/aromatic N) is 2. The molecule has 1 aliphatic rings. The van der Waals surface area contributed by atoms with Gasteiger partial charge in [0.15, 0.2) is 0 Å².